The van der Waals surface area contributed by atoms with E-state index >= 15 is 0 Å². The van der Waals surface area contributed by atoms with Crippen LogP contribution in [0.5, 0.6) is 5.75 Å². The molecule has 0 aliphatic carbocycles. The molecule has 4 heteroatoms. The van der Waals surface area contributed by atoms with Crippen molar-refractivity contribution in [2.24, 2.45) is 0 Å². The Morgan fingerprint density at radius 1 is 1.56 bits per heavy atom. The maximum atomic E-state index is 11.7. The summed E-state index contributed by atoms with van der Waals surface area (Å²) in [7, 11) is 1.54. The normalized spacial score (nSPS) is 27.2. The van der Waals surface area contributed by atoms with Crippen molar-refractivity contribution in [3.8, 4) is 5.75 Å². The fourth-order valence-electron chi connectivity index (χ4n) is 1.94. The number of allylic oxidation sites excluding steroid dienone is 1. The van der Waals surface area contributed by atoms with Crippen LogP contribution in [0.1, 0.15) is 32.1 Å². The molecule has 2 heterocycles. The lowest BCUT2D eigenvalue weighted by Crippen LogP contribution is -2.08. The zero-order valence-electron chi connectivity index (χ0n) is 11.4. The molecule has 1 aliphatic rings. The molecule has 2 atom stereocenters. The molecule has 0 aromatic carbocycles. The summed E-state index contributed by atoms with van der Waals surface area (Å²) in [5.74, 6) is 1.07. The van der Waals surface area contributed by atoms with Crippen molar-refractivity contribution in [3.05, 3.63) is 33.9 Å². The number of ether oxygens (including phenoxy) is 2. The van der Waals surface area contributed by atoms with Gasteiger partial charge in [-0.25, -0.2) is 4.79 Å². The van der Waals surface area contributed by atoms with Crippen LogP contribution in [0.25, 0.3) is 5.57 Å². The molecule has 0 bridgehead atoms. The van der Waals surface area contributed by atoms with Crippen LogP contribution < -0.4 is 10.4 Å². The van der Waals surface area contributed by atoms with Gasteiger partial charge < -0.3 is 13.9 Å². The van der Waals surface area contributed by atoms with Gasteiger partial charge in [-0.3, -0.25) is 0 Å². The highest BCUT2D eigenvalue weighted by molar-refractivity contribution is 5.62. The van der Waals surface area contributed by atoms with Crippen molar-refractivity contribution in [1.82, 2.24) is 0 Å². The Labute approximate surface area is 106 Å². The molecule has 0 N–H and O–H groups in total. The van der Waals surface area contributed by atoms with Crippen molar-refractivity contribution < 1.29 is 13.9 Å². The van der Waals surface area contributed by atoms with E-state index in [1.165, 1.54) is 7.11 Å². The number of methoxy groups -OCH3 is 1. The first kappa shape index (κ1) is 12.9. The molecule has 1 aromatic rings. The number of rotatable bonds is 3. The molecule has 4 nitrogen and oxygen atoms in total. The van der Waals surface area contributed by atoms with E-state index in [9.17, 15) is 4.79 Å². The van der Waals surface area contributed by atoms with Gasteiger partial charge in [0.1, 0.15) is 17.1 Å². The van der Waals surface area contributed by atoms with Gasteiger partial charge in [-0.2, -0.15) is 0 Å². The molecule has 0 saturated carbocycles. The Morgan fingerprint density at radius 3 is 2.67 bits per heavy atom. The van der Waals surface area contributed by atoms with E-state index in [1.54, 1.807) is 13.0 Å². The summed E-state index contributed by atoms with van der Waals surface area (Å²) in [5, 5.41) is 0. The highest BCUT2D eigenvalue weighted by atomic mass is 16.6. The second kappa shape index (κ2) is 4.28. The predicted octanol–water partition coefficient (Wildman–Crippen LogP) is 2.54. The van der Waals surface area contributed by atoms with Crippen molar-refractivity contribution in [2.45, 2.75) is 39.4 Å². The molecule has 1 aliphatic heterocycles. The van der Waals surface area contributed by atoms with Crippen LogP contribution in [0.2, 0.25) is 0 Å². The first-order valence-electron chi connectivity index (χ1n) is 5.94. The fraction of sp³-hybridized carbons (Fsp3) is 0.500. The molecule has 0 spiro atoms. The van der Waals surface area contributed by atoms with Crippen LogP contribution in [0, 0.1) is 6.92 Å². The SMILES string of the molecule is COc1cc(/C(C)=C\[C@@]2(C)O[C@H]2C)oc(=O)c1C. The van der Waals surface area contributed by atoms with Crippen LogP contribution in [-0.2, 0) is 4.74 Å². The molecule has 98 valence electrons. The van der Waals surface area contributed by atoms with Gasteiger partial charge in [-0.05, 0) is 39.3 Å². The van der Waals surface area contributed by atoms with E-state index in [1.807, 2.05) is 26.8 Å². The van der Waals surface area contributed by atoms with Crippen LogP contribution in [-0.4, -0.2) is 18.8 Å². The van der Waals surface area contributed by atoms with Crippen molar-refractivity contribution >= 4 is 5.57 Å². The molecule has 1 aromatic heterocycles. The Kier molecular flexibility index (Phi) is 3.07. The molecule has 1 fully saturated rings. The predicted molar refractivity (Wildman–Crippen MR) is 68.9 cm³/mol. The molecule has 2 rings (SSSR count). The van der Waals surface area contributed by atoms with E-state index in [4.69, 9.17) is 13.9 Å². The van der Waals surface area contributed by atoms with E-state index in [0.29, 0.717) is 17.1 Å². The number of hydrogen-bond acceptors (Lipinski definition) is 4. The standard InChI is InChI=1S/C14H18O4/c1-8(7-14(4)10(3)18-14)11-6-12(16-5)9(2)13(15)17-11/h6-7,10H,1-5H3/b8-7-/t10-,14+/m0/s1. The molecule has 0 amide bonds. The minimum atomic E-state index is -0.369. The lowest BCUT2D eigenvalue weighted by atomic mass is 10.0. The first-order chi connectivity index (χ1) is 8.37. The summed E-state index contributed by atoms with van der Waals surface area (Å²) in [6.07, 6.45) is 2.18. The molecular weight excluding hydrogens is 232 g/mol. The topological polar surface area (TPSA) is 52.0 Å². The third-order valence-corrected chi connectivity index (χ3v) is 3.43. The Balaban J connectivity index is 2.40. The summed E-state index contributed by atoms with van der Waals surface area (Å²) in [6, 6.07) is 1.74. The molecule has 0 radical (unpaired) electrons. The lowest BCUT2D eigenvalue weighted by Gasteiger charge is -2.07. The van der Waals surface area contributed by atoms with Gasteiger partial charge in [0, 0.05) is 6.07 Å². The summed E-state index contributed by atoms with van der Waals surface area (Å²) < 4.78 is 15.9. The average Bonchev–Trinajstić information content (AvgIpc) is 2.89. The van der Waals surface area contributed by atoms with E-state index in [0.717, 1.165) is 5.57 Å². The Hall–Kier alpha value is -1.55. The minimum Gasteiger partial charge on any atom is -0.496 e. The van der Waals surface area contributed by atoms with Crippen molar-refractivity contribution in [1.29, 1.82) is 0 Å². The summed E-state index contributed by atoms with van der Waals surface area (Å²) in [5.41, 5.74) is 0.737. The van der Waals surface area contributed by atoms with Crippen LogP contribution in [0.3, 0.4) is 0 Å². The van der Waals surface area contributed by atoms with Crippen molar-refractivity contribution in [2.75, 3.05) is 7.11 Å². The quantitative estimate of drug-likeness (QED) is 0.773. The monoisotopic (exact) mass is 250 g/mol. The molecular formula is C14H18O4. The van der Waals surface area contributed by atoms with Gasteiger partial charge in [0.25, 0.3) is 0 Å². The summed E-state index contributed by atoms with van der Waals surface area (Å²) >= 11 is 0. The third-order valence-electron chi connectivity index (χ3n) is 3.43. The number of hydrogen-bond donors (Lipinski definition) is 0. The van der Waals surface area contributed by atoms with E-state index in [-0.39, 0.29) is 17.3 Å². The Bertz CT molecular complexity index is 555. The highest BCUT2D eigenvalue weighted by Gasteiger charge is 2.46. The highest BCUT2D eigenvalue weighted by Crippen LogP contribution is 2.39. The van der Waals surface area contributed by atoms with E-state index in [2.05, 4.69) is 0 Å². The number of epoxide rings is 1. The van der Waals surface area contributed by atoms with Crippen molar-refractivity contribution in [3.63, 3.8) is 0 Å². The lowest BCUT2D eigenvalue weighted by molar-refractivity contribution is 0.349. The van der Waals surface area contributed by atoms with Crippen LogP contribution in [0.15, 0.2) is 21.4 Å². The second-order valence-electron chi connectivity index (χ2n) is 4.86. The van der Waals surface area contributed by atoms with Crippen LogP contribution in [0.4, 0.5) is 0 Å². The minimum absolute atomic E-state index is 0.200. The molecule has 1 saturated heterocycles. The smallest absolute Gasteiger partial charge is 0.342 e. The Morgan fingerprint density at radius 2 is 2.17 bits per heavy atom. The molecule has 18 heavy (non-hydrogen) atoms. The van der Waals surface area contributed by atoms with Gasteiger partial charge in [0.15, 0.2) is 0 Å². The van der Waals surface area contributed by atoms with Gasteiger partial charge in [-0.1, -0.05) is 0 Å². The van der Waals surface area contributed by atoms with Gasteiger partial charge in [0.05, 0.1) is 18.8 Å². The van der Waals surface area contributed by atoms with Crippen LogP contribution >= 0.6 is 0 Å². The first-order valence-corrected chi connectivity index (χ1v) is 5.94. The second-order valence-corrected chi connectivity index (χ2v) is 4.86. The molecule has 0 unspecified atom stereocenters. The largest absolute Gasteiger partial charge is 0.496 e. The zero-order valence-corrected chi connectivity index (χ0v) is 11.4. The maximum absolute atomic E-state index is 11.7. The van der Waals surface area contributed by atoms with E-state index < -0.39 is 0 Å². The zero-order chi connectivity index (χ0) is 13.5. The van der Waals surface area contributed by atoms with Gasteiger partial charge in [0.2, 0.25) is 0 Å². The fourth-order valence-corrected chi connectivity index (χ4v) is 1.94. The van der Waals surface area contributed by atoms with Gasteiger partial charge >= 0.3 is 5.63 Å². The summed E-state index contributed by atoms with van der Waals surface area (Å²) in [6.45, 7) is 7.59. The summed E-state index contributed by atoms with van der Waals surface area (Å²) in [4.78, 5) is 11.7. The third kappa shape index (κ3) is 2.20. The maximum Gasteiger partial charge on any atom is 0.342 e. The average molecular weight is 250 g/mol. The van der Waals surface area contributed by atoms with Gasteiger partial charge in [-0.15, -0.1) is 0 Å².